The molecule has 0 saturated carbocycles. The quantitative estimate of drug-likeness (QED) is 0.480. The molecular formula is C6H11. The molecule has 0 bridgehead atoms. The summed E-state index contributed by atoms with van der Waals surface area (Å²) >= 11 is 0. The number of unbranched alkanes of at least 4 members (excludes halogenated alkanes) is 1. The van der Waals surface area contributed by atoms with Crippen molar-refractivity contribution in [2.45, 2.75) is 20.3 Å². The van der Waals surface area contributed by atoms with Gasteiger partial charge in [-0.3, -0.25) is 0 Å². The van der Waals surface area contributed by atoms with Crippen LogP contribution >= 0.6 is 0 Å². The second kappa shape index (κ2) is 4.74. The Kier molecular flexibility index (Phi) is 4.53. The van der Waals surface area contributed by atoms with E-state index in [-0.39, 0.29) is 0 Å². The molecule has 0 heterocycles. The summed E-state index contributed by atoms with van der Waals surface area (Å²) < 4.78 is 0. The molecule has 0 aromatic carbocycles. The van der Waals surface area contributed by atoms with Crippen LogP contribution < -0.4 is 0 Å². The van der Waals surface area contributed by atoms with Gasteiger partial charge in [0.05, 0.1) is 0 Å². The molecule has 0 aliphatic carbocycles. The summed E-state index contributed by atoms with van der Waals surface area (Å²) in [6, 6.07) is 0. The highest BCUT2D eigenvalue weighted by Crippen LogP contribution is 1.83. The molecule has 35 valence electrons. The largest absolute Gasteiger partial charge is 0.0914 e. The van der Waals surface area contributed by atoms with Crippen molar-refractivity contribution in [3.8, 4) is 0 Å². The van der Waals surface area contributed by atoms with Crippen LogP contribution in [0.25, 0.3) is 0 Å². The van der Waals surface area contributed by atoms with Crippen LogP contribution in [0.15, 0.2) is 12.2 Å². The lowest BCUT2D eigenvalue weighted by atomic mass is 10.3. The molecule has 0 spiro atoms. The maximum atomic E-state index is 2.12. The Labute approximate surface area is 39.9 Å². The summed E-state index contributed by atoms with van der Waals surface area (Å²) in [6.07, 6.45) is 7.36. The van der Waals surface area contributed by atoms with E-state index in [1.54, 1.807) is 0 Å². The molecule has 0 N–H and O–H groups in total. The first kappa shape index (κ1) is 5.74. The normalized spacial score (nSPS) is 10.3. The Balaban J connectivity index is 2.66. The van der Waals surface area contributed by atoms with Crippen molar-refractivity contribution in [1.29, 1.82) is 0 Å². The average molecular weight is 83.2 g/mol. The van der Waals surface area contributed by atoms with Crippen LogP contribution in [0, 0.1) is 6.42 Å². The Morgan fingerprint density at radius 2 is 2.17 bits per heavy atom. The predicted molar refractivity (Wildman–Crippen MR) is 29.4 cm³/mol. The van der Waals surface area contributed by atoms with Gasteiger partial charge in [-0.05, 0) is 19.8 Å². The molecule has 0 aromatic rings. The zero-order chi connectivity index (χ0) is 4.83. The molecule has 0 rings (SSSR count). The third-order valence-corrected chi connectivity index (χ3v) is 0.564. The maximum absolute atomic E-state index is 2.12. The fraction of sp³-hybridized carbons (Fsp3) is 0.500. The summed E-state index contributed by atoms with van der Waals surface area (Å²) in [5, 5.41) is 0. The van der Waals surface area contributed by atoms with E-state index in [9.17, 15) is 0 Å². The molecule has 0 aliphatic rings. The molecular weight excluding hydrogens is 72.1 g/mol. The van der Waals surface area contributed by atoms with Crippen LogP contribution in [0.5, 0.6) is 0 Å². The second-order valence-corrected chi connectivity index (χ2v) is 1.17. The van der Waals surface area contributed by atoms with Gasteiger partial charge in [-0.2, -0.15) is 0 Å². The van der Waals surface area contributed by atoms with Crippen molar-refractivity contribution in [3.63, 3.8) is 0 Å². The lowest BCUT2D eigenvalue weighted by molar-refractivity contribution is 1.15. The van der Waals surface area contributed by atoms with Crippen LogP contribution in [0.3, 0.4) is 0 Å². The number of allylic oxidation sites excluding steroid dienone is 2. The van der Waals surface area contributed by atoms with Crippen LogP contribution in [-0.4, -0.2) is 0 Å². The fourth-order valence-electron chi connectivity index (χ4n) is 0.272. The smallest absolute Gasteiger partial charge is 0.0173 e. The Bertz CT molecular complexity index is 35.3. The molecule has 0 unspecified atom stereocenters. The SMILES string of the molecule is C/C=C\[CH]CC. The topological polar surface area (TPSA) is 0 Å². The molecule has 6 heavy (non-hydrogen) atoms. The van der Waals surface area contributed by atoms with Gasteiger partial charge in [0.1, 0.15) is 0 Å². The number of hydrogen-bond donors (Lipinski definition) is 0. The van der Waals surface area contributed by atoms with E-state index in [2.05, 4.69) is 19.4 Å². The van der Waals surface area contributed by atoms with Gasteiger partial charge < -0.3 is 0 Å². The van der Waals surface area contributed by atoms with Gasteiger partial charge >= 0.3 is 0 Å². The summed E-state index contributed by atoms with van der Waals surface area (Å²) in [5.41, 5.74) is 0. The number of hydrogen-bond acceptors (Lipinski definition) is 0. The van der Waals surface area contributed by atoms with Gasteiger partial charge in [-0.1, -0.05) is 19.1 Å². The first-order valence-electron chi connectivity index (χ1n) is 2.36. The van der Waals surface area contributed by atoms with E-state index in [4.69, 9.17) is 0 Å². The minimum atomic E-state index is 1.14. The molecule has 0 heteroatoms. The fourth-order valence-corrected chi connectivity index (χ4v) is 0.272. The van der Waals surface area contributed by atoms with Gasteiger partial charge in [0, 0.05) is 0 Å². The summed E-state index contributed by atoms with van der Waals surface area (Å²) in [7, 11) is 0. The Morgan fingerprint density at radius 3 is 2.33 bits per heavy atom. The van der Waals surface area contributed by atoms with Crippen LogP contribution in [0.1, 0.15) is 20.3 Å². The molecule has 1 radical (unpaired) electrons. The van der Waals surface area contributed by atoms with Crippen molar-refractivity contribution >= 4 is 0 Å². The van der Waals surface area contributed by atoms with Crippen molar-refractivity contribution in [1.82, 2.24) is 0 Å². The van der Waals surface area contributed by atoms with Gasteiger partial charge in [0.25, 0.3) is 0 Å². The van der Waals surface area contributed by atoms with Crippen molar-refractivity contribution in [3.05, 3.63) is 18.6 Å². The molecule has 0 aromatic heterocycles. The van der Waals surface area contributed by atoms with E-state index < -0.39 is 0 Å². The first-order valence-corrected chi connectivity index (χ1v) is 2.36. The maximum Gasteiger partial charge on any atom is -0.0173 e. The van der Waals surface area contributed by atoms with E-state index in [1.165, 1.54) is 0 Å². The van der Waals surface area contributed by atoms with E-state index in [0.717, 1.165) is 6.42 Å². The van der Waals surface area contributed by atoms with Crippen molar-refractivity contribution < 1.29 is 0 Å². The van der Waals surface area contributed by atoms with E-state index >= 15 is 0 Å². The Morgan fingerprint density at radius 1 is 1.50 bits per heavy atom. The lowest BCUT2D eigenvalue weighted by Crippen LogP contribution is -1.57. The van der Waals surface area contributed by atoms with Crippen molar-refractivity contribution in [2.75, 3.05) is 0 Å². The van der Waals surface area contributed by atoms with E-state index in [1.807, 2.05) is 13.0 Å². The number of rotatable bonds is 2. The predicted octanol–water partition coefficient (Wildman–Crippen LogP) is 2.18. The first-order chi connectivity index (χ1) is 2.91. The lowest BCUT2D eigenvalue weighted by Gasteiger charge is -1.75. The summed E-state index contributed by atoms with van der Waals surface area (Å²) in [6.45, 7) is 4.14. The van der Waals surface area contributed by atoms with Gasteiger partial charge in [0.15, 0.2) is 0 Å². The highest BCUT2D eigenvalue weighted by molar-refractivity contribution is 4.90. The second-order valence-electron chi connectivity index (χ2n) is 1.17. The minimum absolute atomic E-state index is 1.14. The van der Waals surface area contributed by atoms with E-state index in [0.29, 0.717) is 0 Å². The monoisotopic (exact) mass is 83.1 g/mol. The Hall–Kier alpha value is -0.260. The van der Waals surface area contributed by atoms with Crippen LogP contribution in [0.2, 0.25) is 0 Å². The zero-order valence-electron chi connectivity index (χ0n) is 4.44. The minimum Gasteiger partial charge on any atom is -0.0914 e. The summed E-state index contributed by atoms with van der Waals surface area (Å²) in [4.78, 5) is 0. The molecule has 0 fully saturated rings. The zero-order valence-corrected chi connectivity index (χ0v) is 4.44. The van der Waals surface area contributed by atoms with Crippen molar-refractivity contribution in [2.24, 2.45) is 0 Å². The van der Waals surface area contributed by atoms with Gasteiger partial charge in [0.2, 0.25) is 0 Å². The summed E-state index contributed by atoms with van der Waals surface area (Å²) in [5.74, 6) is 0. The molecule has 0 saturated heterocycles. The average Bonchev–Trinajstić information content (AvgIpc) is 1.61. The third-order valence-electron chi connectivity index (χ3n) is 0.564. The molecule has 0 nitrogen and oxygen atoms in total. The van der Waals surface area contributed by atoms with Crippen LogP contribution in [-0.2, 0) is 0 Å². The molecule has 0 aliphatic heterocycles. The highest BCUT2D eigenvalue weighted by atomic mass is 13.7. The van der Waals surface area contributed by atoms with Crippen LogP contribution in [0.4, 0.5) is 0 Å². The molecule has 0 atom stereocenters. The van der Waals surface area contributed by atoms with Gasteiger partial charge in [-0.25, -0.2) is 0 Å². The molecule has 0 amide bonds. The highest BCUT2D eigenvalue weighted by Gasteiger charge is 1.65. The third kappa shape index (κ3) is 3.74. The standard InChI is InChI=1S/C6H11/c1-3-5-6-4-2/h3,5-6H,4H2,1-2H3/b5-3-. The van der Waals surface area contributed by atoms with Gasteiger partial charge in [-0.15, -0.1) is 0 Å².